The summed E-state index contributed by atoms with van der Waals surface area (Å²) in [5, 5.41) is 7.79. The lowest BCUT2D eigenvalue weighted by atomic mass is 10.3. The number of hydrogen-bond donors (Lipinski definition) is 1. The molecule has 0 amide bonds. The van der Waals surface area contributed by atoms with Crippen molar-refractivity contribution in [2.75, 3.05) is 0 Å². The van der Waals surface area contributed by atoms with Gasteiger partial charge in [-0.3, -0.25) is 9.67 Å². The van der Waals surface area contributed by atoms with Gasteiger partial charge < -0.3 is 5.32 Å². The van der Waals surface area contributed by atoms with Crippen LogP contribution in [0.5, 0.6) is 0 Å². The van der Waals surface area contributed by atoms with E-state index in [-0.39, 0.29) is 0 Å². The fourth-order valence-electron chi connectivity index (χ4n) is 1.73. The van der Waals surface area contributed by atoms with Crippen molar-refractivity contribution < 1.29 is 0 Å². The van der Waals surface area contributed by atoms with Crippen LogP contribution in [0.25, 0.3) is 0 Å². The third kappa shape index (κ3) is 3.14. The highest BCUT2D eigenvalue weighted by molar-refractivity contribution is 5.10. The molecule has 90 valence electrons. The normalized spacial score (nSPS) is 10.7. The molecule has 0 aliphatic carbocycles. The zero-order chi connectivity index (χ0) is 12.1. The van der Waals surface area contributed by atoms with Gasteiger partial charge in [0.05, 0.1) is 17.1 Å². The number of hydrogen-bond acceptors (Lipinski definition) is 3. The fourth-order valence-corrected chi connectivity index (χ4v) is 1.73. The zero-order valence-corrected chi connectivity index (χ0v) is 10.3. The van der Waals surface area contributed by atoms with Crippen molar-refractivity contribution in [3.8, 4) is 0 Å². The summed E-state index contributed by atoms with van der Waals surface area (Å²) in [6, 6.07) is 8.10. The van der Waals surface area contributed by atoms with Gasteiger partial charge in [-0.25, -0.2) is 0 Å². The lowest BCUT2D eigenvalue weighted by Gasteiger charge is -2.04. The van der Waals surface area contributed by atoms with Crippen molar-refractivity contribution in [1.82, 2.24) is 20.1 Å². The first-order chi connectivity index (χ1) is 8.29. The smallest absolute Gasteiger partial charge is 0.0625 e. The van der Waals surface area contributed by atoms with Crippen molar-refractivity contribution in [3.63, 3.8) is 0 Å². The summed E-state index contributed by atoms with van der Waals surface area (Å²) in [6.07, 6.45) is 2.80. The average Bonchev–Trinajstić information content (AvgIpc) is 2.72. The van der Waals surface area contributed by atoms with E-state index in [1.165, 1.54) is 5.69 Å². The third-order valence-electron chi connectivity index (χ3n) is 2.73. The zero-order valence-electron chi connectivity index (χ0n) is 10.3. The lowest BCUT2D eigenvalue weighted by molar-refractivity contribution is 0.617. The van der Waals surface area contributed by atoms with Crippen LogP contribution >= 0.6 is 0 Å². The maximum Gasteiger partial charge on any atom is 0.0625 e. The standard InChI is InChI=1S/C13H18N4/c1-3-11-8-13(17(2)16-11)10-14-9-12-6-4-5-7-15-12/h4-8,14H,3,9-10H2,1-2H3. The van der Waals surface area contributed by atoms with Gasteiger partial charge in [0.25, 0.3) is 0 Å². The minimum atomic E-state index is 0.785. The topological polar surface area (TPSA) is 42.7 Å². The van der Waals surface area contributed by atoms with Crippen molar-refractivity contribution in [2.24, 2.45) is 7.05 Å². The van der Waals surface area contributed by atoms with Gasteiger partial charge in [-0.2, -0.15) is 5.10 Å². The molecule has 2 rings (SSSR count). The van der Waals surface area contributed by atoms with E-state index in [1.54, 1.807) is 0 Å². The Kier molecular flexibility index (Phi) is 3.88. The van der Waals surface area contributed by atoms with E-state index >= 15 is 0 Å². The molecule has 0 spiro atoms. The van der Waals surface area contributed by atoms with Gasteiger partial charge in [-0.05, 0) is 24.6 Å². The SMILES string of the molecule is CCc1cc(CNCc2ccccn2)n(C)n1. The molecule has 0 atom stereocenters. The highest BCUT2D eigenvalue weighted by Gasteiger charge is 2.03. The molecule has 1 N–H and O–H groups in total. The van der Waals surface area contributed by atoms with Crippen LogP contribution in [-0.4, -0.2) is 14.8 Å². The summed E-state index contributed by atoms with van der Waals surface area (Å²) >= 11 is 0. The number of rotatable bonds is 5. The monoisotopic (exact) mass is 230 g/mol. The first-order valence-electron chi connectivity index (χ1n) is 5.92. The van der Waals surface area contributed by atoms with E-state index in [1.807, 2.05) is 36.1 Å². The van der Waals surface area contributed by atoms with E-state index in [0.717, 1.165) is 30.9 Å². The minimum absolute atomic E-state index is 0.785. The van der Waals surface area contributed by atoms with Gasteiger partial charge in [0.1, 0.15) is 0 Å². The number of nitrogens with one attached hydrogen (secondary N) is 1. The molecule has 2 aromatic heterocycles. The van der Waals surface area contributed by atoms with Crippen molar-refractivity contribution >= 4 is 0 Å². The maximum absolute atomic E-state index is 4.42. The van der Waals surface area contributed by atoms with Crippen LogP contribution in [0.4, 0.5) is 0 Å². The molecule has 0 aliphatic rings. The number of aryl methyl sites for hydroxylation is 2. The summed E-state index contributed by atoms with van der Waals surface area (Å²) in [4.78, 5) is 4.27. The van der Waals surface area contributed by atoms with Crippen LogP contribution in [0.3, 0.4) is 0 Å². The predicted octanol–water partition coefficient (Wildman–Crippen LogP) is 1.67. The largest absolute Gasteiger partial charge is 0.306 e. The molecule has 0 saturated carbocycles. The number of pyridine rings is 1. The maximum atomic E-state index is 4.42. The van der Waals surface area contributed by atoms with Gasteiger partial charge in [0.15, 0.2) is 0 Å². The lowest BCUT2D eigenvalue weighted by Crippen LogP contribution is -2.15. The Morgan fingerprint density at radius 1 is 1.24 bits per heavy atom. The minimum Gasteiger partial charge on any atom is -0.306 e. The molecule has 2 aromatic rings. The van der Waals surface area contributed by atoms with Crippen molar-refractivity contribution in [2.45, 2.75) is 26.4 Å². The first-order valence-corrected chi connectivity index (χ1v) is 5.92. The molecule has 0 unspecified atom stereocenters. The van der Waals surface area contributed by atoms with Gasteiger partial charge in [-0.1, -0.05) is 13.0 Å². The Balaban J connectivity index is 1.88. The number of aromatic nitrogens is 3. The summed E-state index contributed by atoms with van der Waals surface area (Å²) in [5.41, 5.74) is 3.41. The molecule has 0 saturated heterocycles. The second-order valence-electron chi connectivity index (χ2n) is 4.03. The Hall–Kier alpha value is -1.68. The summed E-state index contributed by atoms with van der Waals surface area (Å²) < 4.78 is 1.93. The Morgan fingerprint density at radius 2 is 2.12 bits per heavy atom. The molecule has 0 bridgehead atoms. The molecule has 17 heavy (non-hydrogen) atoms. The highest BCUT2D eigenvalue weighted by Crippen LogP contribution is 2.03. The first kappa shape index (κ1) is 11.8. The van der Waals surface area contributed by atoms with Crippen molar-refractivity contribution in [1.29, 1.82) is 0 Å². The van der Waals surface area contributed by atoms with Gasteiger partial charge in [0.2, 0.25) is 0 Å². The number of nitrogens with zero attached hydrogens (tertiary/aromatic N) is 3. The molecule has 0 fully saturated rings. The average molecular weight is 230 g/mol. The van der Waals surface area contributed by atoms with Gasteiger partial charge >= 0.3 is 0 Å². The summed E-state index contributed by atoms with van der Waals surface area (Å²) in [5.74, 6) is 0. The molecule has 0 aliphatic heterocycles. The van der Waals surface area contributed by atoms with E-state index in [9.17, 15) is 0 Å². The summed E-state index contributed by atoms with van der Waals surface area (Å²) in [7, 11) is 1.98. The Bertz CT molecular complexity index is 462. The van der Waals surface area contributed by atoms with Crippen LogP contribution in [0.2, 0.25) is 0 Å². The molecule has 0 aromatic carbocycles. The third-order valence-corrected chi connectivity index (χ3v) is 2.73. The fraction of sp³-hybridized carbons (Fsp3) is 0.385. The van der Waals surface area contributed by atoms with E-state index in [0.29, 0.717) is 0 Å². The van der Waals surface area contributed by atoms with E-state index in [2.05, 4.69) is 28.4 Å². The van der Waals surface area contributed by atoms with E-state index in [4.69, 9.17) is 0 Å². The van der Waals surface area contributed by atoms with Gasteiger partial charge in [-0.15, -0.1) is 0 Å². The molecular weight excluding hydrogens is 212 g/mol. The molecule has 0 radical (unpaired) electrons. The van der Waals surface area contributed by atoms with Crippen LogP contribution in [0.1, 0.15) is 24.0 Å². The summed E-state index contributed by atoms with van der Waals surface area (Å²) in [6.45, 7) is 3.72. The molecule has 4 nitrogen and oxygen atoms in total. The second kappa shape index (κ2) is 5.59. The van der Waals surface area contributed by atoms with Crippen LogP contribution in [0.15, 0.2) is 30.5 Å². The Labute approximate surface area is 102 Å². The molecule has 4 heteroatoms. The second-order valence-corrected chi connectivity index (χ2v) is 4.03. The van der Waals surface area contributed by atoms with Crippen LogP contribution in [-0.2, 0) is 26.6 Å². The predicted molar refractivity (Wildman–Crippen MR) is 67.4 cm³/mol. The van der Waals surface area contributed by atoms with Crippen molar-refractivity contribution in [3.05, 3.63) is 47.5 Å². The van der Waals surface area contributed by atoms with Crippen LogP contribution < -0.4 is 5.32 Å². The highest BCUT2D eigenvalue weighted by atomic mass is 15.3. The quantitative estimate of drug-likeness (QED) is 0.849. The Morgan fingerprint density at radius 3 is 2.76 bits per heavy atom. The molecule has 2 heterocycles. The van der Waals surface area contributed by atoms with E-state index < -0.39 is 0 Å². The van der Waals surface area contributed by atoms with Crippen LogP contribution in [0, 0.1) is 0 Å². The molecular formula is C13H18N4. The van der Waals surface area contributed by atoms with Gasteiger partial charge in [0, 0.05) is 26.3 Å².